The summed E-state index contributed by atoms with van der Waals surface area (Å²) >= 11 is 5.92. The van der Waals surface area contributed by atoms with E-state index in [2.05, 4.69) is 10.2 Å². The van der Waals surface area contributed by atoms with Gasteiger partial charge in [0.2, 0.25) is 21.8 Å². The molecule has 2 heterocycles. The highest BCUT2D eigenvalue weighted by molar-refractivity contribution is 7.89. The maximum absolute atomic E-state index is 12.7. The van der Waals surface area contributed by atoms with Gasteiger partial charge in [-0.2, -0.15) is 4.31 Å². The summed E-state index contributed by atoms with van der Waals surface area (Å²) in [6.45, 7) is 0.890. The number of hydrogen-bond acceptors (Lipinski definition) is 5. The Kier molecular flexibility index (Phi) is 4.10. The number of rotatable bonds is 4. The molecule has 2 aromatic rings. The van der Waals surface area contributed by atoms with E-state index in [1.807, 2.05) is 0 Å². The van der Waals surface area contributed by atoms with Crippen molar-refractivity contribution < 1.29 is 12.8 Å². The van der Waals surface area contributed by atoms with Gasteiger partial charge in [-0.25, -0.2) is 8.42 Å². The maximum atomic E-state index is 12.7. The van der Waals surface area contributed by atoms with Gasteiger partial charge in [-0.1, -0.05) is 17.7 Å². The van der Waals surface area contributed by atoms with Crippen LogP contribution in [0.1, 0.15) is 49.3 Å². The van der Waals surface area contributed by atoms with Gasteiger partial charge in [-0.05, 0) is 43.9 Å². The molecule has 1 aromatic heterocycles. The van der Waals surface area contributed by atoms with E-state index in [1.165, 1.54) is 10.4 Å². The summed E-state index contributed by atoms with van der Waals surface area (Å²) in [6.07, 6.45) is 3.62. The molecular formula is C16H18ClN3O3S. The molecule has 0 atom stereocenters. The lowest BCUT2D eigenvalue weighted by molar-refractivity contribution is 0.286. The number of piperidine rings is 1. The number of aromatic nitrogens is 2. The zero-order valence-electron chi connectivity index (χ0n) is 13.1. The normalized spacial score (nSPS) is 20.4. The Hall–Kier alpha value is -1.44. The van der Waals surface area contributed by atoms with Crippen molar-refractivity contribution in [1.29, 1.82) is 0 Å². The van der Waals surface area contributed by atoms with Crippen LogP contribution in [0.15, 0.2) is 33.6 Å². The molecule has 2 fully saturated rings. The monoisotopic (exact) mass is 367 g/mol. The van der Waals surface area contributed by atoms with Gasteiger partial charge in [0.15, 0.2) is 0 Å². The molecule has 1 aliphatic carbocycles. The van der Waals surface area contributed by atoms with E-state index < -0.39 is 10.0 Å². The van der Waals surface area contributed by atoms with Crippen molar-refractivity contribution in [3.8, 4) is 0 Å². The minimum absolute atomic E-state index is 0.135. The third-order valence-electron chi connectivity index (χ3n) is 4.62. The number of sulfonamides is 1. The van der Waals surface area contributed by atoms with Crippen LogP contribution in [0.4, 0.5) is 0 Å². The first-order chi connectivity index (χ1) is 11.5. The molecule has 1 aliphatic heterocycles. The van der Waals surface area contributed by atoms with Gasteiger partial charge < -0.3 is 4.42 Å². The lowest BCUT2D eigenvalue weighted by Crippen LogP contribution is -2.37. The highest BCUT2D eigenvalue weighted by Crippen LogP contribution is 2.40. The zero-order chi connectivity index (χ0) is 16.7. The summed E-state index contributed by atoms with van der Waals surface area (Å²) in [5.41, 5.74) is 0. The van der Waals surface area contributed by atoms with Crippen LogP contribution in [0, 0.1) is 0 Å². The molecular weight excluding hydrogens is 350 g/mol. The molecule has 0 N–H and O–H groups in total. The Balaban J connectivity index is 1.45. The second kappa shape index (κ2) is 6.13. The first-order valence-corrected chi connectivity index (χ1v) is 9.95. The molecule has 1 aromatic carbocycles. The number of nitrogens with zero attached hydrogens (tertiary/aromatic N) is 3. The summed E-state index contributed by atoms with van der Waals surface area (Å²) in [6, 6.07) is 6.38. The van der Waals surface area contributed by atoms with Crippen molar-refractivity contribution in [3.05, 3.63) is 41.1 Å². The van der Waals surface area contributed by atoms with Crippen LogP contribution in [0.25, 0.3) is 0 Å². The molecule has 6 nitrogen and oxygen atoms in total. The fraction of sp³-hybridized carbons (Fsp3) is 0.500. The van der Waals surface area contributed by atoms with Gasteiger partial charge in [-0.3, -0.25) is 0 Å². The second-order valence-corrected chi connectivity index (χ2v) is 8.76. The van der Waals surface area contributed by atoms with Crippen LogP contribution in [-0.2, 0) is 10.0 Å². The molecule has 1 saturated carbocycles. The van der Waals surface area contributed by atoms with Gasteiger partial charge in [0.25, 0.3) is 0 Å². The van der Waals surface area contributed by atoms with Gasteiger partial charge in [0, 0.05) is 29.9 Å². The highest BCUT2D eigenvalue weighted by Gasteiger charge is 2.34. The van der Waals surface area contributed by atoms with E-state index in [-0.39, 0.29) is 10.8 Å². The van der Waals surface area contributed by atoms with Crippen LogP contribution >= 0.6 is 11.6 Å². The summed E-state index contributed by atoms with van der Waals surface area (Å²) in [7, 11) is -3.51. The van der Waals surface area contributed by atoms with E-state index in [1.54, 1.807) is 18.2 Å². The molecule has 0 radical (unpaired) electrons. The van der Waals surface area contributed by atoms with Crippen LogP contribution in [0.2, 0.25) is 5.02 Å². The largest absolute Gasteiger partial charge is 0.425 e. The summed E-state index contributed by atoms with van der Waals surface area (Å²) < 4.78 is 32.7. The predicted octanol–water partition coefficient (Wildman–Crippen LogP) is 3.17. The molecule has 8 heteroatoms. The Morgan fingerprint density at radius 2 is 1.67 bits per heavy atom. The Morgan fingerprint density at radius 3 is 2.25 bits per heavy atom. The minimum atomic E-state index is -3.51. The first kappa shape index (κ1) is 16.1. The van der Waals surface area contributed by atoms with Gasteiger partial charge in [0.05, 0.1) is 4.90 Å². The first-order valence-electron chi connectivity index (χ1n) is 8.13. The Bertz CT molecular complexity index is 840. The van der Waals surface area contributed by atoms with Gasteiger partial charge >= 0.3 is 0 Å². The maximum Gasteiger partial charge on any atom is 0.243 e. The number of halogens is 1. The van der Waals surface area contributed by atoms with Crippen LogP contribution in [0.5, 0.6) is 0 Å². The standard InChI is InChI=1S/C16H18ClN3O3S/c17-13-2-1-3-14(10-13)24(21,22)20-8-6-12(7-9-20)16-19-18-15(23-16)11-4-5-11/h1-3,10-12H,4-9H2. The quantitative estimate of drug-likeness (QED) is 0.829. The predicted molar refractivity (Wildman–Crippen MR) is 88.5 cm³/mol. The molecule has 0 bridgehead atoms. The smallest absolute Gasteiger partial charge is 0.243 e. The van der Waals surface area contributed by atoms with Crippen LogP contribution < -0.4 is 0 Å². The molecule has 0 spiro atoms. The molecule has 0 amide bonds. The van der Waals surface area contributed by atoms with E-state index in [9.17, 15) is 8.42 Å². The van der Waals surface area contributed by atoms with Crippen LogP contribution in [0.3, 0.4) is 0 Å². The summed E-state index contributed by atoms with van der Waals surface area (Å²) in [5, 5.41) is 8.69. The molecule has 4 rings (SSSR count). The SMILES string of the molecule is O=S(=O)(c1cccc(Cl)c1)N1CCC(c2nnc(C3CC3)o2)CC1. The van der Waals surface area contributed by atoms with E-state index in [4.69, 9.17) is 16.0 Å². The highest BCUT2D eigenvalue weighted by atomic mass is 35.5. The second-order valence-electron chi connectivity index (χ2n) is 6.39. The van der Waals surface area contributed by atoms with E-state index >= 15 is 0 Å². The summed E-state index contributed by atoms with van der Waals surface area (Å²) in [4.78, 5) is 0.238. The third-order valence-corrected chi connectivity index (χ3v) is 6.75. The average Bonchev–Trinajstić information content (AvgIpc) is 3.32. The molecule has 24 heavy (non-hydrogen) atoms. The fourth-order valence-corrected chi connectivity index (χ4v) is 4.80. The zero-order valence-corrected chi connectivity index (χ0v) is 14.6. The summed E-state index contributed by atoms with van der Waals surface area (Å²) in [5.74, 6) is 1.96. The lowest BCUT2D eigenvalue weighted by Gasteiger charge is -2.29. The van der Waals surface area contributed by atoms with Gasteiger partial charge in [0.1, 0.15) is 0 Å². The van der Waals surface area contributed by atoms with Crippen molar-refractivity contribution in [1.82, 2.24) is 14.5 Å². The third kappa shape index (κ3) is 3.08. The van der Waals surface area contributed by atoms with Crippen molar-refractivity contribution in [3.63, 3.8) is 0 Å². The van der Waals surface area contributed by atoms with Crippen molar-refractivity contribution in [2.45, 2.75) is 42.4 Å². The molecule has 2 aliphatic rings. The van der Waals surface area contributed by atoms with E-state index in [0.29, 0.717) is 42.8 Å². The number of benzene rings is 1. The molecule has 0 unspecified atom stereocenters. The Morgan fingerprint density at radius 1 is 1.04 bits per heavy atom. The Labute approximate surface area is 145 Å². The lowest BCUT2D eigenvalue weighted by atomic mass is 9.98. The van der Waals surface area contributed by atoms with Crippen molar-refractivity contribution in [2.75, 3.05) is 13.1 Å². The van der Waals surface area contributed by atoms with E-state index in [0.717, 1.165) is 18.7 Å². The molecule has 1 saturated heterocycles. The van der Waals surface area contributed by atoms with Crippen molar-refractivity contribution in [2.24, 2.45) is 0 Å². The van der Waals surface area contributed by atoms with Crippen LogP contribution in [-0.4, -0.2) is 36.0 Å². The fourth-order valence-electron chi connectivity index (χ4n) is 3.03. The topological polar surface area (TPSA) is 76.3 Å². The van der Waals surface area contributed by atoms with Crippen molar-refractivity contribution >= 4 is 21.6 Å². The van der Waals surface area contributed by atoms with Gasteiger partial charge in [-0.15, -0.1) is 10.2 Å². The minimum Gasteiger partial charge on any atom is -0.425 e. The average molecular weight is 368 g/mol. The number of hydrogen-bond donors (Lipinski definition) is 0. The molecule has 128 valence electrons.